The van der Waals surface area contributed by atoms with Crippen molar-refractivity contribution >= 4 is 6.03 Å². The zero-order valence-electron chi connectivity index (χ0n) is 12.3. The minimum atomic E-state index is -0.0341. The highest BCUT2D eigenvalue weighted by Gasteiger charge is 2.29. The molecule has 0 radical (unpaired) electrons. The number of hydrogen-bond acceptors (Lipinski definition) is 2. The number of carbonyl (C=O) groups is 1. The van der Waals surface area contributed by atoms with E-state index in [4.69, 9.17) is 4.74 Å². The second-order valence-electron chi connectivity index (χ2n) is 6.09. The van der Waals surface area contributed by atoms with Gasteiger partial charge in [-0.1, -0.05) is 26.8 Å². The van der Waals surface area contributed by atoms with E-state index in [1.54, 1.807) is 19.1 Å². The minimum absolute atomic E-state index is 0.00486. The number of methoxy groups -OCH3 is 1. The molecule has 0 aliphatic carbocycles. The molecule has 0 saturated carbocycles. The van der Waals surface area contributed by atoms with Crippen molar-refractivity contribution < 1.29 is 9.53 Å². The molecule has 104 valence electrons. The van der Waals surface area contributed by atoms with Crippen LogP contribution in [-0.2, 0) is 5.41 Å². The van der Waals surface area contributed by atoms with Crippen LogP contribution < -0.4 is 10.1 Å². The van der Waals surface area contributed by atoms with Gasteiger partial charge in [0.05, 0.1) is 13.2 Å². The van der Waals surface area contributed by atoms with Crippen molar-refractivity contribution in [1.29, 1.82) is 0 Å². The highest BCUT2D eigenvalue weighted by atomic mass is 16.5. The van der Waals surface area contributed by atoms with E-state index in [0.717, 1.165) is 11.3 Å². The van der Waals surface area contributed by atoms with Crippen molar-refractivity contribution in [2.24, 2.45) is 0 Å². The standard InChI is InChI=1S/C15H22N2O2/c1-15(2,3)10-6-7-13(19-5)11(8-10)12-9-17(4)14(18)16-12/h6-8,12H,9H2,1-5H3,(H,16,18). The van der Waals surface area contributed by atoms with Crippen molar-refractivity contribution in [1.82, 2.24) is 10.2 Å². The Morgan fingerprint density at radius 3 is 2.53 bits per heavy atom. The lowest BCUT2D eigenvalue weighted by Gasteiger charge is -2.22. The summed E-state index contributed by atoms with van der Waals surface area (Å²) in [7, 11) is 3.46. The zero-order valence-corrected chi connectivity index (χ0v) is 12.3. The molecule has 1 heterocycles. The number of benzene rings is 1. The normalized spacial score (nSPS) is 19.5. The molecule has 1 aliphatic rings. The largest absolute Gasteiger partial charge is 0.496 e. The predicted molar refractivity (Wildman–Crippen MR) is 75.6 cm³/mol. The maximum atomic E-state index is 11.6. The summed E-state index contributed by atoms with van der Waals surface area (Å²) in [5, 5.41) is 2.98. The Bertz CT molecular complexity index is 491. The molecule has 4 nitrogen and oxygen atoms in total. The second kappa shape index (κ2) is 4.76. The SMILES string of the molecule is COc1ccc(C(C)(C)C)cc1C1CN(C)C(=O)N1. The molecule has 2 rings (SSSR count). The van der Waals surface area contributed by atoms with Gasteiger partial charge in [-0.2, -0.15) is 0 Å². The molecular weight excluding hydrogens is 240 g/mol. The molecule has 4 heteroatoms. The fourth-order valence-electron chi connectivity index (χ4n) is 2.31. The van der Waals surface area contributed by atoms with Crippen LogP contribution in [-0.4, -0.2) is 31.6 Å². The molecule has 0 spiro atoms. The summed E-state index contributed by atoms with van der Waals surface area (Å²) in [5.74, 6) is 0.827. The quantitative estimate of drug-likeness (QED) is 0.890. The van der Waals surface area contributed by atoms with Gasteiger partial charge < -0.3 is 15.0 Å². The van der Waals surface area contributed by atoms with Gasteiger partial charge >= 0.3 is 6.03 Å². The molecule has 1 N–H and O–H groups in total. The lowest BCUT2D eigenvalue weighted by atomic mass is 9.85. The van der Waals surface area contributed by atoms with Gasteiger partial charge in [0.25, 0.3) is 0 Å². The average molecular weight is 262 g/mol. The van der Waals surface area contributed by atoms with Crippen LogP contribution in [0.2, 0.25) is 0 Å². The van der Waals surface area contributed by atoms with Crippen molar-refractivity contribution in [3.05, 3.63) is 29.3 Å². The molecule has 0 bridgehead atoms. The van der Waals surface area contributed by atoms with Crippen LogP contribution in [0.3, 0.4) is 0 Å². The first-order chi connectivity index (χ1) is 8.82. The van der Waals surface area contributed by atoms with Crippen LogP contribution in [0.1, 0.15) is 37.9 Å². The summed E-state index contributed by atoms with van der Waals surface area (Å²) in [6.45, 7) is 7.20. The minimum Gasteiger partial charge on any atom is -0.496 e. The Labute approximate surface area is 114 Å². The molecule has 2 amide bonds. The number of carbonyl (C=O) groups excluding carboxylic acids is 1. The Hall–Kier alpha value is -1.71. The number of amides is 2. The van der Waals surface area contributed by atoms with E-state index < -0.39 is 0 Å². The number of nitrogens with one attached hydrogen (secondary N) is 1. The molecule has 1 aromatic carbocycles. The highest BCUT2D eigenvalue weighted by molar-refractivity contribution is 5.77. The van der Waals surface area contributed by atoms with Gasteiger partial charge in [0.2, 0.25) is 0 Å². The third-order valence-corrected chi connectivity index (χ3v) is 3.57. The fraction of sp³-hybridized carbons (Fsp3) is 0.533. The van der Waals surface area contributed by atoms with Gasteiger partial charge in [-0.3, -0.25) is 0 Å². The molecule has 1 fully saturated rings. The second-order valence-corrected chi connectivity index (χ2v) is 6.09. The van der Waals surface area contributed by atoms with E-state index in [9.17, 15) is 4.79 Å². The van der Waals surface area contributed by atoms with Gasteiger partial charge in [0.1, 0.15) is 5.75 Å². The summed E-state index contributed by atoms with van der Waals surface area (Å²) >= 11 is 0. The molecule has 0 aromatic heterocycles. The summed E-state index contributed by atoms with van der Waals surface area (Å²) in [6.07, 6.45) is 0. The van der Waals surface area contributed by atoms with Crippen molar-refractivity contribution in [3.63, 3.8) is 0 Å². The van der Waals surface area contributed by atoms with Crippen LogP contribution >= 0.6 is 0 Å². The summed E-state index contributed by atoms with van der Waals surface area (Å²) in [4.78, 5) is 13.3. The fourth-order valence-corrected chi connectivity index (χ4v) is 2.31. The third-order valence-electron chi connectivity index (χ3n) is 3.57. The van der Waals surface area contributed by atoms with Gasteiger partial charge in [0.15, 0.2) is 0 Å². The Kier molecular flexibility index (Phi) is 3.43. The van der Waals surface area contributed by atoms with E-state index in [1.807, 2.05) is 6.07 Å². The van der Waals surface area contributed by atoms with E-state index in [1.165, 1.54) is 5.56 Å². The molecular formula is C15H22N2O2. The smallest absolute Gasteiger partial charge is 0.317 e. The lowest BCUT2D eigenvalue weighted by molar-refractivity contribution is 0.226. The third kappa shape index (κ3) is 2.67. The number of ether oxygens (including phenoxy) is 1. The van der Waals surface area contributed by atoms with Gasteiger partial charge in [0, 0.05) is 19.2 Å². The monoisotopic (exact) mass is 262 g/mol. The molecule has 1 unspecified atom stereocenters. The van der Waals surface area contributed by atoms with E-state index in [2.05, 4.69) is 38.2 Å². The van der Waals surface area contributed by atoms with Gasteiger partial charge in [-0.05, 0) is 23.1 Å². The van der Waals surface area contributed by atoms with Crippen LogP contribution in [0.5, 0.6) is 5.75 Å². The number of likely N-dealkylation sites (N-methyl/N-ethyl adjacent to an activating group) is 1. The molecule has 1 saturated heterocycles. The lowest BCUT2D eigenvalue weighted by Crippen LogP contribution is -2.24. The Balaban J connectivity index is 2.40. The predicted octanol–water partition coefficient (Wildman–Crippen LogP) is 2.69. The first-order valence-electron chi connectivity index (χ1n) is 6.53. The molecule has 19 heavy (non-hydrogen) atoms. The van der Waals surface area contributed by atoms with Crippen molar-refractivity contribution in [2.45, 2.75) is 32.2 Å². The molecule has 1 aromatic rings. The number of urea groups is 1. The first kappa shape index (κ1) is 13.7. The van der Waals surface area contributed by atoms with Gasteiger partial charge in [-0.25, -0.2) is 4.79 Å². The van der Waals surface area contributed by atoms with Crippen molar-refractivity contribution in [3.8, 4) is 5.75 Å². The average Bonchev–Trinajstić information content (AvgIpc) is 2.67. The van der Waals surface area contributed by atoms with E-state index in [0.29, 0.717) is 6.54 Å². The van der Waals surface area contributed by atoms with E-state index in [-0.39, 0.29) is 17.5 Å². The molecule has 1 aliphatic heterocycles. The maximum Gasteiger partial charge on any atom is 0.317 e. The maximum absolute atomic E-state index is 11.6. The zero-order chi connectivity index (χ0) is 14.2. The summed E-state index contributed by atoms with van der Waals surface area (Å²) < 4.78 is 5.43. The van der Waals surface area contributed by atoms with Crippen LogP contribution in [0.25, 0.3) is 0 Å². The first-order valence-corrected chi connectivity index (χ1v) is 6.53. The number of hydrogen-bond donors (Lipinski definition) is 1. The van der Waals surface area contributed by atoms with Crippen LogP contribution in [0.15, 0.2) is 18.2 Å². The van der Waals surface area contributed by atoms with Crippen LogP contribution in [0.4, 0.5) is 4.79 Å². The van der Waals surface area contributed by atoms with Gasteiger partial charge in [-0.15, -0.1) is 0 Å². The number of rotatable bonds is 2. The highest BCUT2D eigenvalue weighted by Crippen LogP contribution is 2.33. The van der Waals surface area contributed by atoms with Crippen molar-refractivity contribution in [2.75, 3.05) is 20.7 Å². The number of nitrogens with zero attached hydrogens (tertiary/aromatic N) is 1. The Morgan fingerprint density at radius 1 is 1.37 bits per heavy atom. The molecule has 1 atom stereocenters. The topological polar surface area (TPSA) is 41.6 Å². The summed E-state index contributed by atoms with van der Waals surface area (Å²) in [6, 6.07) is 6.18. The summed E-state index contributed by atoms with van der Waals surface area (Å²) in [5.41, 5.74) is 2.37. The Morgan fingerprint density at radius 2 is 2.05 bits per heavy atom. The van der Waals surface area contributed by atoms with Crippen LogP contribution in [0, 0.1) is 0 Å². The van der Waals surface area contributed by atoms with E-state index >= 15 is 0 Å².